The third-order valence-corrected chi connectivity index (χ3v) is 7.87. The van der Waals surface area contributed by atoms with Crippen LogP contribution in [0.25, 0.3) is 16.5 Å². The summed E-state index contributed by atoms with van der Waals surface area (Å²) < 4.78 is 29.4. The monoisotopic (exact) mass is 481 g/mol. The summed E-state index contributed by atoms with van der Waals surface area (Å²) in [6.07, 6.45) is 3.31. The summed E-state index contributed by atoms with van der Waals surface area (Å²) in [5, 5.41) is 10.00. The zero-order chi connectivity index (χ0) is 23.0. The number of rotatable bonds is 4. The molecule has 0 unspecified atom stereocenters. The van der Waals surface area contributed by atoms with Crippen LogP contribution in [0.3, 0.4) is 0 Å². The van der Waals surface area contributed by atoms with Crippen molar-refractivity contribution in [3.05, 3.63) is 83.6 Å². The van der Waals surface area contributed by atoms with Crippen molar-refractivity contribution in [2.75, 3.05) is 26.2 Å². The quantitative estimate of drug-likeness (QED) is 0.446. The molecule has 0 radical (unpaired) electrons. The molecule has 0 saturated carbocycles. The number of sulfonamides is 1. The first-order chi connectivity index (χ1) is 15.9. The summed E-state index contributed by atoms with van der Waals surface area (Å²) in [5.74, 6) is -0.125. The summed E-state index contributed by atoms with van der Waals surface area (Å²) in [6, 6.07) is 17.5. The summed E-state index contributed by atoms with van der Waals surface area (Å²) in [6.45, 7) is 1.13. The zero-order valence-electron chi connectivity index (χ0n) is 17.5. The van der Waals surface area contributed by atoms with Crippen LogP contribution in [0.15, 0.2) is 78.0 Å². The maximum absolute atomic E-state index is 13.2. The Balaban J connectivity index is 1.27. The first-order valence-electron chi connectivity index (χ1n) is 10.4. The van der Waals surface area contributed by atoms with Crippen molar-refractivity contribution < 1.29 is 13.2 Å². The molecule has 8 nitrogen and oxygen atoms in total. The average Bonchev–Trinajstić information content (AvgIpc) is 3.38. The maximum Gasteiger partial charge on any atom is 0.253 e. The van der Waals surface area contributed by atoms with Crippen LogP contribution < -0.4 is 0 Å². The second kappa shape index (κ2) is 8.58. The van der Waals surface area contributed by atoms with Crippen LogP contribution >= 0.6 is 11.6 Å². The number of amides is 1. The maximum atomic E-state index is 13.2. The molecule has 33 heavy (non-hydrogen) atoms. The number of halogens is 1. The number of benzene rings is 3. The predicted molar refractivity (Wildman–Crippen MR) is 125 cm³/mol. The van der Waals surface area contributed by atoms with Crippen LogP contribution in [0.1, 0.15) is 10.4 Å². The molecule has 4 aromatic rings. The van der Waals surface area contributed by atoms with Gasteiger partial charge in [0, 0.05) is 36.8 Å². The number of carbonyl (C=O) groups excluding carboxylic acids is 1. The number of aromatic nitrogens is 3. The molecule has 1 amide bonds. The number of nitrogens with zero attached hydrogens (tertiary/aromatic N) is 5. The van der Waals surface area contributed by atoms with Crippen molar-refractivity contribution in [3.8, 4) is 5.69 Å². The van der Waals surface area contributed by atoms with E-state index in [1.165, 1.54) is 4.31 Å². The van der Waals surface area contributed by atoms with Crippen LogP contribution in [-0.2, 0) is 10.0 Å². The molecule has 3 aromatic carbocycles. The summed E-state index contributed by atoms with van der Waals surface area (Å²) in [5.41, 5.74) is 1.35. The number of carbonyl (C=O) groups is 1. The van der Waals surface area contributed by atoms with Crippen LogP contribution in [0, 0.1) is 0 Å². The highest BCUT2D eigenvalue weighted by Crippen LogP contribution is 2.25. The minimum Gasteiger partial charge on any atom is -0.336 e. The number of hydrogen-bond donors (Lipinski definition) is 0. The second-order valence-electron chi connectivity index (χ2n) is 7.74. The molecular weight excluding hydrogens is 462 g/mol. The Morgan fingerprint density at radius 1 is 0.879 bits per heavy atom. The van der Waals surface area contributed by atoms with Gasteiger partial charge in [-0.3, -0.25) is 4.79 Å². The zero-order valence-corrected chi connectivity index (χ0v) is 19.1. The van der Waals surface area contributed by atoms with E-state index in [0.29, 0.717) is 23.7 Å². The lowest BCUT2D eigenvalue weighted by atomic mass is 10.1. The minimum atomic E-state index is -3.66. The van der Waals surface area contributed by atoms with Gasteiger partial charge in [-0.15, -0.1) is 5.10 Å². The Hall–Kier alpha value is -3.27. The van der Waals surface area contributed by atoms with Crippen LogP contribution in [0.2, 0.25) is 5.02 Å². The molecule has 10 heteroatoms. The Morgan fingerprint density at radius 2 is 1.58 bits per heavy atom. The van der Waals surface area contributed by atoms with Crippen molar-refractivity contribution in [2.24, 2.45) is 0 Å². The van der Waals surface area contributed by atoms with Gasteiger partial charge < -0.3 is 4.90 Å². The van der Waals surface area contributed by atoms with Gasteiger partial charge in [-0.2, -0.15) is 4.31 Å². The van der Waals surface area contributed by atoms with E-state index < -0.39 is 10.0 Å². The largest absolute Gasteiger partial charge is 0.336 e. The molecule has 0 aliphatic carbocycles. The van der Waals surface area contributed by atoms with E-state index in [9.17, 15) is 13.2 Å². The van der Waals surface area contributed by atoms with E-state index in [4.69, 9.17) is 11.6 Å². The number of hydrogen-bond acceptors (Lipinski definition) is 5. The highest BCUT2D eigenvalue weighted by Gasteiger charge is 2.30. The molecule has 5 rings (SSSR count). The number of fused-ring (bicyclic) bond motifs is 1. The minimum absolute atomic E-state index is 0.125. The molecule has 1 aliphatic rings. The molecule has 1 fully saturated rings. The van der Waals surface area contributed by atoms with E-state index in [0.717, 1.165) is 16.5 Å². The smallest absolute Gasteiger partial charge is 0.253 e. The second-order valence-corrected chi connectivity index (χ2v) is 10.1. The van der Waals surface area contributed by atoms with Gasteiger partial charge in [0.15, 0.2) is 0 Å². The molecule has 0 spiro atoms. The fourth-order valence-corrected chi connectivity index (χ4v) is 5.56. The molecule has 168 valence electrons. The molecule has 0 atom stereocenters. The van der Waals surface area contributed by atoms with Gasteiger partial charge in [-0.1, -0.05) is 28.9 Å². The number of piperazine rings is 1. The van der Waals surface area contributed by atoms with Crippen LogP contribution in [-0.4, -0.2) is 64.7 Å². The van der Waals surface area contributed by atoms with Gasteiger partial charge in [0.25, 0.3) is 5.91 Å². The lowest BCUT2D eigenvalue weighted by Crippen LogP contribution is -2.50. The highest BCUT2D eigenvalue weighted by molar-refractivity contribution is 7.89. The lowest BCUT2D eigenvalue weighted by molar-refractivity contribution is 0.0698. The van der Waals surface area contributed by atoms with Crippen molar-refractivity contribution in [2.45, 2.75) is 4.90 Å². The fraction of sp³-hybridized carbons (Fsp3) is 0.174. The van der Waals surface area contributed by atoms with Crippen LogP contribution in [0.5, 0.6) is 0 Å². The highest BCUT2D eigenvalue weighted by atomic mass is 35.5. The molecule has 0 N–H and O–H groups in total. The van der Waals surface area contributed by atoms with Crippen molar-refractivity contribution in [1.82, 2.24) is 24.2 Å². The topological polar surface area (TPSA) is 88.4 Å². The summed E-state index contributed by atoms with van der Waals surface area (Å²) >= 11 is 6.02. The van der Waals surface area contributed by atoms with E-state index >= 15 is 0 Å². The molecule has 2 heterocycles. The SMILES string of the molecule is O=C(c1ccc(-n2ccnn2)cc1)N1CCN(S(=O)(=O)c2ccc3cc(Cl)ccc3c2)CC1. The van der Waals surface area contributed by atoms with Gasteiger partial charge in [0.1, 0.15) is 0 Å². The van der Waals surface area contributed by atoms with Gasteiger partial charge >= 0.3 is 0 Å². The van der Waals surface area contributed by atoms with Crippen molar-refractivity contribution in [1.29, 1.82) is 0 Å². The van der Waals surface area contributed by atoms with Gasteiger partial charge in [-0.05, 0) is 59.3 Å². The molecule has 1 aliphatic heterocycles. The average molecular weight is 482 g/mol. The Kier molecular flexibility index (Phi) is 5.61. The summed E-state index contributed by atoms with van der Waals surface area (Å²) in [7, 11) is -3.66. The molecular formula is C23H20ClN5O3S. The molecule has 1 saturated heterocycles. The van der Waals surface area contributed by atoms with Crippen LogP contribution in [0.4, 0.5) is 0 Å². The Morgan fingerprint density at radius 3 is 2.27 bits per heavy atom. The first-order valence-corrected chi connectivity index (χ1v) is 12.2. The standard InChI is InChI=1S/C23H20ClN5O3S/c24-20-5-1-19-16-22(8-4-18(19)15-20)33(31,32)28-13-11-27(12-14-28)23(30)17-2-6-21(7-3-17)29-10-9-25-26-29/h1-10,15-16H,11-14H2. The van der Waals surface area contributed by atoms with Gasteiger partial charge in [0.2, 0.25) is 10.0 Å². The van der Waals surface area contributed by atoms with E-state index in [1.807, 2.05) is 0 Å². The van der Waals surface area contributed by atoms with E-state index in [1.54, 1.807) is 82.6 Å². The molecule has 0 bridgehead atoms. The Labute approximate surface area is 196 Å². The third-order valence-electron chi connectivity index (χ3n) is 5.74. The fourth-order valence-electron chi connectivity index (χ4n) is 3.92. The molecule has 1 aromatic heterocycles. The predicted octanol–water partition coefficient (Wildman–Crippen LogP) is 3.22. The van der Waals surface area contributed by atoms with Crippen molar-refractivity contribution in [3.63, 3.8) is 0 Å². The van der Waals surface area contributed by atoms with E-state index in [2.05, 4.69) is 10.3 Å². The lowest BCUT2D eigenvalue weighted by Gasteiger charge is -2.34. The third kappa shape index (κ3) is 4.22. The van der Waals surface area contributed by atoms with Crippen molar-refractivity contribution >= 4 is 38.3 Å². The summed E-state index contributed by atoms with van der Waals surface area (Å²) in [4.78, 5) is 14.8. The van der Waals surface area contributed by atoms with Gasteiger partial charge in [0.05, 0.1) is 23.0 Å². The first kappa shape index (κ1) is 21.6. The Bertz CT molecular complexity index is 1410. The van der Waals surface area contributed by atoms with E-state index in [-0.39, 0.29) is 23.9 Å². The normalized spacial score (nSPS) is 15.1. The van der Waals surface area contributed by atoms with Gasteiger partial charge in [-0.25, -0.2) is 13.1 Å².